The summed E-state index contributed by atoms with van der Waals surface area (Å²) >= 11 is 0. The summed E-state index contributed by atoms with van der Waals surface area (Å²) in [5.74, 6) is 0.476. The molecule has 1 N–H and O–H groups in total. The van der Waals surface area contributed by atoms with Gasteiger partial charge in [-0.25, -0.2) is 0 Å². The molecule has 2 aromatic heterocycles. The monoisotopic (exact) mass is 413 g/mol. The van der Waals surface area contributed by atoms with Gasteiger partial charge >= 0.3 is 0 Å². The first kappa shape index (κ1) is 20.3. The molecule has 4 rings (SSSR count). The number of H-pyrrole nitrogens is 1. The molecule has 0 saturated heterocycles. The molecule has 156 valence electrons. The Morgan fingerprint density at radius 2 is 1.81 bits per heavy atom. The molecule has 2 heterocycles. The van der Waals surface area contributed by atoms with Crippen LogP contribution in [0.1, 0.15) is 27.0 Å². The molecular weight excluding hydrogens is 390 g/mol. The van der Waals surface area contributed by atoms with Gasteiger partial charge in [-0.3, -0.25) is 14.6 Å². The third-order valence-electron chi connectivity index (χ3n) is 5.27. The summed E-state index contributed by atoms with van der Waals surface area (Å²) in [5.41, 5.74) is 4.29. The van der Waals surface area contributed by atoms with Crippen molar-refractivity contribution in [1.29, 1.82) is 0 Å². The zero-order valence-corrected chi connectivity index (χ0v) is 17.7. The number of pyridine rings is 2. The maximum Gasteiger partial charge on any atom is 0.258 e. The molecule has 0 atom stereocenters. The van der Waals surface area contributed by atoms with Crippen LogP contribution >= 0.6 is 0 Å². The van der Waals surface area contributed by atoms with Crippen LogP contribution in [0.25, 0.3) is 10.9 Å². The summed E-state index contributed by atoms with van der Waals surface area (Å²) < 4.78 is 5.24. The van der Waals surface area contributed by atoms with E-state index in [0.29, 0.717) is 22.4 Å². The summed E-state index contributed by atoms with van der Waals surface area (Å²) in [5, 5.41) is 0.868. The summed E-state index contributed by atoms with van der Waals surface area (Å²) in [6, 6.07) is 16.6. The Morgan fingerprint density at radius 1 is 1.03 bits per heavy atom. The number of hydrogen-bond donors (Lipinski definition) is 1. The number of nitrogens with zero attached hydrogens (tertiary/aromatic N) is 2. The second-order valence-electron chi connectivity index (χ2n) is 7.49. The third kappa shape index (κ3) is 4.19. The first-order chi connectivity index (χ1) is 15.0. The van der Waals surface area contributed by atoms with Crippen molar-refractivity contribution in [3.63, 3.8) is 0 Å². The molecule has 0 aliphatic rings. The molecule has 0 unspecified atom stereocenters. The number of nitrogens with one attached hydrogen (secondary N) is 1. The minimum atomic E-state index is -0.238. The van der Waals surface area contributed by atoms with Gasteiger partial charge in [0.05, 0.1) is 19.2 Å². The van der Waals surface area contributed by atoms with Crippen molar-refractivity contribution in [2.75, 3.05) is 12.0 Å². The van der Waals surface area contributed by atoms with Crippen LogP contribution < -0.4 is 15.2 Å². The van der Waals surface area contributed by atoms with Crippen LogP contribution in [-0.2, 0) is 6.54 Å². The number of fused-ring (bicyclic) bond motifs is 1. The second-order valence-corrected chi connectivity index (χ2v) is 7.49. The highest BCUT2D eigenvalue weighted by Gasteiger charge is 2.21. The Kier molecular flexibility index (Phi) is 5.54. The summed E-state index contributed by atoms with van der Waals surface area (Å²) in [7, 11) is 1.58. The molecule has 0 fully saturated rings. The number of carbonyl (C=O) groups excluding carboxylic acids is 1. The number of amides is 1. The van der Waals surface area contributed by atoms with Crippen LogP contribution in [0.3, 0.4) is 0 Å². The van der Waals surface area contributed by atoms with Gasteiger partial charge in [-0.15, -0.1) is 0 Å². The molecule has 0 aliphatic heterocycles. The van der Waals surface area contributed by atoms with Gasteiger partial charge in [0.25, 0.3) is 11.5 Å². The Labute approximate surface area is 180 Å². The highest BCUT2D eigenvalue weighted by Crippen LogP contribution is 2.26. The number of benzene rings is 2. The molecule has 0 saturated carbocycles. The zero-order chi connectivity index (χ0) is 22.0. The fourth-order valence-electron chi connectivity index (χ4n) is 3.67. The quantitative estimate of drug-likeness (QED) is 0.526. The van der Waals surface area contributed by atoms with Crippen molar-refractivity contribution >= 4 is 22.5 Å². The number of ether oxygens (including phenoxy) is 1. The summed E-state index contributed by atoms with van der Waals surface area (Å²) in [6.45, 7) is 4.11. The molecule has 0 spiro atoms. The second kappa shape index (κ2) is 8.44. The molecule has 31 heavy (non-hydrogen) atoms. The maximum absolute atomic E-state index is 13.4. The number of rotatable bonds is 5. The van der Waals surface area contributed by atoms with Crippen molar-refractivity contribution in [3.05, 3.63) is 99.6 Å². The molecule has 6 nitrogen and oxygen atoms in total. The molecule has 0 bridgehead atoms. The van der Waals surface area contributed by atoms with E-state index in [1.165, 1.54) is 0 Å². The molecule has 0 aliphatic carbocycles. The van der Waals surface area contributed by atoms with Crippen LogP contribution in [0.4, 0.5) is 5.69 Å². The van der Waals surface area contributed by atoms with Crippen molar-refractivity contribution in [2.24, 2.45) is 0 Å². The van der Waals surface area contributed by atoms with E-state index in [-0.39, 0.29) is 18.0 Å². The first-order valence-electron chi connectivity index (χ1n) is 9.95. The van der Waals surface area contributed by atoms with Gasteiger partial charge in [0, 0.05) is 35.3 Å². The lowest BCUT2D eigenvalue weighted by molar-refractivity contribution is 0.0985. The average molecular weight is 413 g/mol. The fraction of sp³-hybridized carbons (Fsp3) is 0.160. The highest BCUT2D eigenvalue weighted by atomic mass is 16.5. The smallest absolute Gasteiger partial charge is 0.258 e. The molecule has 4 aromatic rings. The minimum Gasteiger partial charge on any atom is -0.497 e. The molecule has 0 radical (unpaired) electrons. The normalized spacial score (nSPS) is 10.8. The number of anilines is 1. The number of aromatic amines is 1. The topological polar surface area (TPSA) is 75.3 Å². The Morgan fingerprint density at radius 3 is 2.52 bits per heavy atom. The van der Waals surface area contributed by atoms with Gasteiger partial charge < -0.3 is 14.6 Å². The van der Waals surface area contributed by atoms with Gasteiger partial charge in [0.15, 0.2) is 0 Å². The van der Waals surface area contributed by atoms with Crippen LogP contribution in [0.15, 0.2) is 71.8 Å². The van der Waals surface area contributed by atoms with Crippen LogP contribution in [-0.4, -0.2) is 23.0 Å². The number of aromatic nitrogens is 2. The Bertz CT molecular complexity index is 1310. The number of methoxy groups -OCH3 is 1. The molecule has 1 amide bonds. The standard InChI is InChI=1S/C25H23N3O3/c1-16-4-7-23(17(2)12-16)28(25(30)18-8-10-26-11-9-18)15-20-13-19-5-6-21(31-3)14-22(19)27-24(20)29/h4-14H,15H2,1-3H3,(H,27,29). The Balaban J connectivity index is 1.80. The van der Waals surface area contributed by atoms with Crippen molar-refractivity contribution in [3.8, 4) is 5.75 Å². The average Bonchev–Trinajstić information content (AvgIpc) is 2.78. The molecule has 2 aromatic carbocycles. The van der Waals surface area contributed by atoms with Crippen LogP contribution in [0.5, 0.6) is 5.75 Å². The van der Waals surface area contributed by atoms with Crippen LogP contribution in [0, 0.1) is 13.8 Å². The van der Waals surface area contributed by atoms with Crippen molar-refractivity contribution in [2.45, 2.75) is 20.4 Å². The molecular formula is C25H23N3O3. The predicted molar refractivity (Wildman–Crippen MR) is 122 cm³/mol. The van der Waals surface area contributed by atoms with E-state index in [0.717, 1.165) is 22.2 Å². The van der Waals surface area contributed by atoms with Gasteiger partial charge in [0.1, 0.15) is 5.75 Å². The van der Waals surface area contributed by atoms with Gasteiger partial charge in [-0.1, -0.05) is 17.7 Å². The van der Waals surface area contributed by atoms with E-state index in [4.69, 9.17) is 4.74 Å². The SMILES string of the molecule is COc1ccc2cc(CN(C(=O)c3ccncc3)c3ccc(C)cc3C)c(=O)[nH]c2c1. The lowest BCUT2D eigenvalue weighted by atomic mass is 10.1. The van der Waals surface area contributed by atoms with E-state index in [1.807, 2.05) is 50.2 Å². The molecule has 6 heteroatoms. The van der Waals surface area contributed by atoms with E-state index in [9.17, 15) is 9.59 Å². The van der Waals surface area contributed by atoms with Crippen molar-refractivity contribution in [1.82, 2.24) is 9.97 Å². The number of carbonyl (C=O) groups is 1. The number of aryl methyl sites for hydroxylation is 2. The fourth-order valence-corrected chi connectivity index (χ4v) is 3.67. The summed E-state index contributed by atoms with van der Waals surface area (Å²) in [6.07, 6.45) is 3.17. The van der Waals surface area contributed by atoms with Crippen LogP contribution in [0.2, 0.25) is 0 Å². The minimum absolute atomic E-state index is 0.141. The lowest BCUT2D eigenvalue weighted by Crippen LogP contribution is -2.33. The third-order valence-corrected chi connectivity index (χ3v) is 5.27. The zero-order valence-electron chi connectivity index (χ0n) is 17.7. The van der Waals surface area contributed by atoms with E-state index in [1.54, 1.807) is 42.6 Å². The van der Waals surface area contributed by atoms with Gasteiger partial charge in [-0.05, 0) is 61.2 Å². The highest BCUT2D eigenvalue weighted by molar-refractivity contribution is 6.06. The lowest BCUT2D eigenvalue weighted by Gasteiger charge is -2.25. The number of hydrogen-bond acceptors (Lipinski definition) is 4. The summed E-state index contributed by atoms with van der Waals surface area (Å²) in [4.78, 5) is 34.8. The predicted octanol–water partition coefficient (Wildman–Crippen LogP) is 4.40. The van der Waals surface area contributed by atoms with E-state index >= 15 is 0 Å². The van der Waals surface area contributed by atoms with Crippen molar-refractivity contribution < 1.29 is 9.53 Å². The first-order valence-corrected chi connectivity index (χ1v) is 9.95. The Hall–Kier alpha value is -3.93. The van der Waals surface area contributed by atoms with E-state index < -0.39 is 0 Å². The maximum atomic E-state index is 13.4. The van der Waals surface area contributed by atoms with E-state index in [2.05, 4.69) is 9.97 Å². The largest absolute Gasteiger partial charge is 0.497 e. The van der Waals surface area contributed by atoms with Gasteiger partial charge in [0.2, 0.25) is 0 Å². The van der Waals surface area contributed by atoms with Gasteiger partial charge in [-0.2, -0.15) is 0 Å².